The third-order valence-corrected chi connectivity index (χ3v) is 14.6. The Bertz CT molecular complexity index is 4150. The summed E-state index contributed by atoms with van der Waals surface area (Å²) in [5, 5.41) is 95.7. The van der Waals surface area contributed by atoms with Gasteiger partial charge in [-0.05, 0) is 22.6 Å². The summed E-state index contributed by atoms with van der Waals surface area (Å²) in [5.74, 6) is 6.63. The second kappa shape index (κ2) is 37.9. The number of nitrogens with two attached hydrogens (primary N) is 3. The van der Waals surface area contributed by atoms with E-state index in [9.17, 15) is 113 Å². The van der Waals surface area contributed by atoms with Gasteiger partial charge in [-0.2, -0.15) is 52.7 Å². The number of hydrogen-bond acceptors (Lipinski definition) is 27. The van der Waals surface area contributed by atoms with E-state index in [4.69, 9.17) is 47.7 Å². The molecule has 19 N–H and O–H groups in total. The number of carbonyl (C=O) groups is 4. The van der Waals surface area contributed by atoms with Crippen LogP contribution in [0, 0.1) is 51.9 Å². The predicted molar refractivity (Wildman–Crippen MR) is 337 cm³/mol. The molecule has 3 aliphatic rings. The number of terminal acetylenes is 2. The molecule has 0 saturated carbocycles. The van der Waals surface area contributed by atoms with Gasteiger partial charge in [0, 0.05) is 35.3 Å². The van der Waals surface area contributed by atoms with E-state index in [-0.39, 0.29) is 80.0 Å². The molecule has 0 aliphatic carbocycles. The maximum atomic E-state index is 12.2. The summed E-state index contributed by atoms with van der Waals surface area (Å²) in [6.45, 7) is -3.30. The van der Waals surface area contributed by atoms with Gasteiger partial charge in [0.25, 0.3) is 0 Å². The first-order valence-electron chi connectivity index (χ1n) is 29.1. The van der Waals surface area contributed by atoms with E-state index in [2.05, 4.69) is 93.3 Å². The first-order chi connectivity index (χ1) is 48.8. The van der Waals surface area contributed by atoms with E-state index in [1.807, 2.05) is 5.92 Å². The van der Waals surface area contributed by atoms with Gasteiger partial charge in [0.1, 0.15) is 122 Å². The lowest BCUT2D eigenvalue weighted by Gasteiger charge is -2.17. The van der Waals surface area contributed by atoms with Crippen LogP contribution in [0.4, 0.5) is 70.1 Å². The molecule has 47 heteroatoms. The molecule has 0 spiro atoms. The monoisotopic (exact) mass is 1610 g/mol. The number of alkyl halides is 12. The van der Waals surface area contributed by atoms with Crippen molar-refractivity contribution in [1.29, 1.82) is 0 Å². The fraction of sp³-hybridized carbons (Fsp3) is 0.474. The number of nitrogens with zero attached hydrogens (tertiary/aromatic N) is 9. The first-order valence-corrected chi connectivity index (χ1v) is 30.1. The van der Waals surface area contributed by atoms with E-state index < -0.39 is 148 Å². The van der Waals surface area contributed by atoms with Gasteiger partial charge in [-0.1, -0.05) is 35.5 Å². The number of halogens is 13. The number of aliphatic hydroxyl groups excluding tert-OH is 9. The van der Waals surface area contributed by atoms with Gasteiger partial charge in [-0.3, -0.25) is 19.2 Å². The lowest BCUT2D eigenvalue weighted by molar-refractivity contribution is -0.173. The smallest absolute Gasteiger partial charge is 0.394 e. The molecule has 0 bridgehead atoms. The summed E-state index contributed by atoms with van der Waals surface area (Å²) in [6.07, 6.45) is -15.6. The minimum absolute atomic E-state index is 0.0158. The van der Waals surface area contributed by atoms with Crippen molar-refractivity contribution in [1.82, 2.24) is 64.9 Å². The van der Waals surface area contributed by atoms with Crippen LogP contribution in [0.15, 0.2) is 37.6 Å². The third-order valence-electron chi connectivity index (χ3n) is 13.8. The Hall–Kier alpha value is -9.29. The van der Waals surface area contributed by atoms with Crippen molar-refractivity contribution in [3.8, 4) is 48.4 Å². The van der Waals surface area contributed by atoms with Gasteiger partial charge in [0.05, 0.1) is 73.4 Å². The number of hydrogen-bond donors (Lipinski definition) is 16. The first kappa shape index (κ1) is 85.4. The number of ether oxygens (including phenoxy) is 5. The topological polar surface area (TPSA) is 515 Å². The highest BCUT2D eigenvalue weighted by Gasteiger charge is 2.47. The maximum Gasteiger partial charge on any atom is 0.471 e. The van der Waals surface area contributed by atoms with Crippen molar-refractivity contribution < 1.29 is 142 Å². The fourth-order valence-electron chi connectivity index (χ4n) is 9.04. The van der Waals surface area contributed by atoms with Gasteiger partial charge in [-0.25, -0.2) is 29.9 Å². The Morgan fingerprint density at radius 3 is 1.15 bits per heavy atom. The van der Waals surface area contributed by atoms with Crippen LogP contribution in [-0.4, -0.2) is 265 Å². The van der Waals surface area contributed by atoms with Crippen LogP contribution in [0.2, 0.25) is 0 Å². The number of anilines is 3. The number of rotatable bonds is 16. The standard InChI is InChI=1S/C18H20F3N5O6.C16H16F3N5O5.C11H13IN4O4.C7H8F3NO2.C5H4F3NO/c19-18(20,21)17(30)23-3-5-31-4-1-2-9-6-26(15-11(9)14(22)24-8-25-15)16-13(29)12(28)10(7-27)32-16;17-16(18,19)15(28)21-3-1-2-7-4-24(13-9(7)12(20)22-6-23-13)14-11(27)10(26)8(5-25)29-14;12-4-1-16(10-6(4)9(13)14-3-15-10)11-8(19)7(18)5(2-17)20-11;1-2-4-13-5-3-11-6(12)7(8,9)10;1-2-3-9-4(10)5(6,7)8/h6,8,10,12-13,16,27-29H,3-5,7H2,(H,23,30)(H2,22,24,25);4,6,8,10-11,14,25-27H,3,5H2,(H,21,28)(H2,20,22,23);1,3,5,7-8,11,17-19H,2H2,(H2,13,14,15);1H,3-5H2,(H,11,12);1H,3H2,(H,9,10). The van der Waals surface area contributed by atoms with Gasteiger partial charge in [0.2, 0.25) is 0 Å². The molecule has 34 nitrogen and oxygen atoms in total. The number of aromatic nitrogens is 9. The zero-order valence-corrected chi connectivity index (χ0v) is 54.9. The van der Waals surface area contributed by atoms with Crippen LogP contribution in [0.5, 0.6) is 0 Å². The molecule has 9 heterocycles. The van der Waals surface area contributed by atoms with Gasteiger partial charge >= 0.3 is 48.3 Å². The Morgan fingerprint density at radius 2 is 0.808 bits per heavy atom. The van der Waals surface area contributed by atoms with Gasteiger partial charge in [0.15, 0.2) is 18.7 Å². The number of amides is 4. The molecule has 9 rings (SSSR count). The number of nitrogens with one attached hydrogen (secondary N) is 4. The molecule has 3 aliphatic heterocycles. The van der Waals surface area contributed by atoms with Crippen molar-refractivity contribution in [2.24, 2.45) is 0 Å². The summed E-state index contributed by atoms with van der Waals surface area (Å²) in [5.41, 5.74) is 19.1. The van der Waals surface area contributed by atoms with E-state index in [0.29, 0.717) is 27.8 Å². The van der Waals surface area contributed by atoms with Crippen LogP contribution < -0.4 is 38.5 Å². The quantitative estimate of drug-likeness (QED) is 0.0201. The lowest BCUT2D eigenvalue weighted by atomic mass is 10.1. The van der Waals surface area contributed by atoms with Crippen LogP contribution in [0.3, 0.4) is 0 Å². The Labute approximate surface area is 589 Å². The van der Waals surface area contributed by atoms with Crippen molar-refractivity contribution >= 4 is 96.8 Å². The summed E-state index contributed by atoms with van der Waals surface area (Å²) < 4.78 is 173. The van der Waals surface area contributed by atoms with Crippen LogP contribution >= 0.6 is 22.6 Å². The number of aliphatic hydroxyl groups is 9. The molecule has 3 saturated heterocycles. The van der Waals surface area contributed by atoms with E-state index >= 15 is 0 Å². The maximum absolute atomic E-state index is 12.2. The molecule has 104 heavy (non-hydrogen) atoms. The van der Waals surface area contributed by atoms with Crippen LogP contribution in [0.1, 0.15) is 29.8 Å². The molecule has 6 aromatic heterocycles. The third kappa shape index (κ3) is 22.4. The lowest BCUT2D eigenvalue weighted by Crippen LogP contribution is -2.38. The summed E-state index contributed by atoms with van der Waals surface area (Å²) in [6, 6.07) is 0. The van der Waals surface area contributed by atoms with Crippen molar-refractivity contribution in [3.05, 3.63) is 52.3 Å². The molecule has 0 aromatic carbocycles. The Kier molecular flexibility index (Phi) is 31.1. The molecule has 568 valence electrons. The predicted octanol–water partition coefficient (Wildman–Crippen LogP) is -2.83. The SMILES string of the molecule is C#CCNC(=O)C(F)(F)F.C#CCOCCNC(=O)C(F)(F)F.Nc1ncnc2c1c(C#CCNC(=O)C(F)(F)F)cn2C1OC(CO)C(O)C1O.Nc1ncnc2c1c(C#CCOCCNC(=O)C(F)(F)F)cn2C1OC(CO)C(O)C1O.Nc1ncnc2c1c(I)cn2C1OC(CO)C(O)C1O. The molecule has 12 unspecified atom stereocenters. The zero-order valence-electron chi connectivity index (χ0n) is 52.7. The Morgan fingerprint density at radius 1 is 0.481 bits per heavy atom. The highest BCUT2D eigenvalue weighted by molar-refractivity contribution is 14.1. The normalized spacial score (nSPS) is 22.0. The van der Waals surface area contributed by atoms with Crippen molar-refractivity contribution in [2.45, 2.75) is 98.3 Å². The average Bonchev–Trinajstić information content (AvgIpc) is 1.62. The highest BCUT2D eigenvalue weighted by atomic mass is 127. The second-order valence-electron chi connectivity index (χ2n) is 20.8. The molecular formula is C57H61F12IN16O18. The van der Waals surface area contributed by atoms with Gasteiger partial charge < -0.3 is 122 Å². The number of nitrogen functional groups attached to an aromatic ring is 3. The van der Waals surface area contributed by atoms with Gasteiger partial charge in [-0.15, -0.1) is 12.8 Å². The molecule has 4 amide bonds. The van der Waals surface area contributed by atoms with Crippen molar-refractivity contribution in [2.75, 3.05) is 89.6 Å². The minimum atomic E-state index is -5.02. The Balaban J connectivity index is 0.000000248. The second-order valence-corrected chi connectivity index (χ2v) is 22.0. The van der Waals surface area contributed by atoms with E-state index in [0.717, 1.165) is 9.90 Å². The van der Waals surface area contributed by atoms with Crippen molar-refractivity contribution in [3.63, 3.8) is 0 Å². The summed E-state index contributed by atoms with van der Waals surface area (Å²) >= 11 is 2.09. The molecule has 12 atom stereocenters. The van der Waals surface area contributed by atoms with E-state index in [1.165, 1.54) is 39.5 Å². The largest absolute Gasteiger partial charge is 0.471 e. The zero-order chi connectivity index (χ0) is 77.8. The van der Waals surface area contributed by atoms with Crippen LogP contribution in [-0.2, 0) is 42.9 Å². The highest BCUT2D eigenvalue weighted by Crippen LogP contribution is 2.38. The summed E-state index contributed by atoms with van der Waals surface area (Å²) in [7, 11) is 0. The summed E-state index contributed by atoms with van der Waals surface area (Å²) in [4.78, 5) is 65.6. The fourth-order valence-corrected chi connectivity index (χ4v) is 9.85. The number of carbonyl (C=O) groups excluding carboxylic acids is 4. The molecular weight excluding hydrogens is 1550 g/mol. The minimum Gasteiger partial charge on any atom is -0.394 e. The van der Waals surface area contributed by atoms with Crippen LogP contribution in [0.25, 0.3) is 33.1 Å². The molecule has 6 aromatic rings. The number of fused-ring (bicyclic) bond motifs is 3. The van der Waals surface area contributed by atoms with E-state index in [1.54, 1.807) is 26.7 Å². The average molecular weight is 1610 g/mol. The molecule has 0 radical (unpaired) electrons. The molecule has 3 fully saturated rings.